The van der Waals surface area contributed by atoms with Gasteiger partial charge in [0, 0.05) is 57.5 Å². The molecule has 0 aromatic heterocycles. The smallest absolute Gasteiger partial charge is 0.253 e. The van der Waals surface area contributed by atoms with Crippen LogP contribution in [0.2, 0.25) is 0 Å². The van der Waals surface area contributed by atoms with E-state index < -0.39 is 0 Å². The molecule has 1 aromatic rings. The van der Waals surface area contributed by atoms with Crippen molar-refractivity contribution in [2.24, 2.45) is 5.92 Å². The predicted molar refractivity (Wildman–Crippen MR) is 109 cm³/mol. The zero-order valence-corrected chi connectivity index (χ0v) is 17.2. The molecule has 5 nitrogen and oxygen atoms in total. The molecular weight excluding hydrogens is 338 g/mol. The lowest BCUT2D eigenvalue weighted by molar-refractivity contribution is 0.0218. The second-order valence-electron chi connectivity index (χ2n) is 8.37. The molecule has 2 saturated heterocycles. The Morgan fingerprint density at radius 2 is 1.85 bits per heavy atom. The van der Waals surface area contributed by atoms with Crippen molar-refractivity contribution in [2.75, 3.05) is 52.9 Å². The van der Waals surface area contributed by atoms with E-state index in [2.05, 4.69) is 30.7 Å². The minimum Gasteiger partial charge on any atom is -0.396 e. The summed E-state index contributed by atoms with van der Waals surface area (Å²) in [5.74, 6) is 0.605. The van der Waals surface area contributed by atoms with Crippen LogP contribution in [0.4, 0.5) is 0 Å². The SMILES string of the molecule is Cc1ccc(C(=O)N2CC[C@H](N3CCN(C)CC3)[C@H](CCCO)C2)cc1C. The molecule has 2 heterocycles. The zero-order valence-electron chi connectivity index (χ0n) is 17.2. The molecule has 0 radical (unpaired) electrons. The summed E-state index contributed by atoms with van der Waals surface area (Å²) in [6.07, 6.45) is 2.85. The number of piperidine rings is 1. The van der Waals surface area contributed by atoms with Crippen LogP contribution in [0.1, 0.15) is 40.7 Å². The molecule has 27 heavy (non-hydrogen) atoms. The quantitative estimate of drug-likeness (QED) is 0.859. The van der Waals surface area contributed by atoms with E-state index in [4.69, 9.17) is 0 Å². The van der Waals surface area contributed by atoms with Crippen LogP contribution in [0.25, 0.3) is 0 Å². The highest BCUT2D eigenvalue weighted by atomic mass is 16.3. The van der Waals surface area contributed by atoms with Crippen molar-refractivity contribution < 1.29 is 9.90 Å². The summed E-state index contributed by atoms with van der Waals surface area (Å²) >= 11 is 0. The van der Waals surface area contributed by atoms with Crippen LogP contribution in [0, 0.1) is 19.8 Å². The molecule has 5 heteroatoms. The number of benzene rings is 1. The Balaban J connectivity index is 1.69. The minimum atomic E-state index is 0.156. The van der Waals surface area contributed by atoms with Crippen molar-refractivity contribution in [1.29, 1.82) is 0 Å². The molecule has 3 rings (SSSR count). The normalized spacial score (nSPS) is 25.0. The maximum absolute atomic E-state index is 13.1. The number of nitrogens with zero attached hydrogens (tertiary/aromatic N) is 3. The highest BCUT2D eigenvalue weighted by Gasteiger charge is 2.35. The molecule has 150 valence electrons. The van der Waals surface area contributed by atoms with Gasteiger partial charge in [0.25, 0.3) is 5.91 Å². The van der Waals surface area contributed by atoms with Crippen molar-refractivity contribution in [3.63, 3.8) is 0 Å². The van der Waals surface area contributed by atoms with Gasteiger partial charge >= 0.3 is 0 Å². The van der Waals surface area contributed by atoms with Gasteiger partial charge in [-0.05, 0) is 69.3 Å². The van der Waals surface area contributed by atoms with Gasteiger partial charge in [-0.2, -0.15) is 0 Å². The third-order valence-corrected chi connectivity index (χ3v) is 6.47. The first-order valence-electron chi connectivity index (χ1n) is 10.4. The standard InChI is InChI=1S/C22H35N3O2/c1-17-6-7-19(15-18(17)2)22(27)25-9-8-21(20(16-25)5-4-14-26)24-12-10-23(3)11-13-24/h6-7,15,20-21,26H,4-5,8-14,16H2,1-3H3/t20-,21+/m1/s1. The Morgan fingerprint density at radius 3 is 2.52 bits per heavy atom. The van der Waals surface area contributed by atoms with Gasteiger partial charge in [0.1, 0.15) is 0 Å². The van der Waals surface area contributed by atoms with Crippen molar-refractivity contribution in [3.05, 3.63) is 34.9 Å². The van der Waals surface area contributed by atoms with Gasteiger partial charge in [-0.25, -0.2) is 0 Å². The summed E-state index contributed by atoms with van der Waals surface area (Å²) in [5.41, 5.74) is 3.20. The third kappa shape index (κ3) is 4.89. The summed E-state index contributed by atoms with van der Waals surface area (Å²) in [4.78, 5) is 20.1. The number of rotatable bonds is 5. The van der Waals surface area contributed by atoms with E-state index in [1.165, 1.54) is 11.1 Å². The van der Waals surface area contributed by atoms with Crippen molar-refractivity contribution in [3.8, 4) is 0 Å². The first-order chi connectivity index (χ1) is 13.0. The van der Waals surface area contributed by atoms with Gasteiger partial charge in [0.2, 0.25) is 0 Å². The molecule has 2 aliphatic heterocycles. The summed E-state index contributed by atoms with van der Waals surface area (Å²) < 4.78 is 0. The van der Waals surface area contributed by atoms with Gasteiger partial charge in [0.15, 0.2) is 0 Å². The summed E-state index contributed by atoms with van der Waals surface area (Å²) in [5, 5.41) is 9.34. The number of carbonyl (C=O) groups is 1. The van der Waals surface area contributed by atoms with Crippen LogP contribution in [0.15, 0.2) is 18.2 Å². The predicted octanol–water partition coefficient (Wildman–Crippen LogP) is 2.15. The number of aryl methyl sites for hydroxylation is 2. The lowest BCUT2D eigenvalue weighted by Crippen LogP contribution is -2.56. The van der Waals surface area contributed by atoms with E-state index in [0.717, 1.165) is 64.1 Å². The zero-order chi connectivity index (χ0) is 19.4. The van der Waals surface area contributed by atoms with Gasteiger partial charge in [-0.1, -0.05) is 6.07 Å². The minimum absolute atomic E-state index is 0.156. The number of piperazine rings is 1. The van der Waals surface area contributed by atoms with E-state index in [0.29, 0.717) is 12.0 Å². The Labute approximate surface area is 163 Å². The largest absolute Gasteiger partial charge is 0.396 e. The third-order valence-electron chi connectivity index (χ3n) is 6.47. The van der Waals surface area contributed by atoms with Crippen LogP contribution < -0.4 is 0 Å². The molecule has 2 atom stereocenters. The molecule has 2 aliphatic rings. The van der Waals surface area contributed by atoms with Crippen LogP contribution >= 0.6 is 0 Å². The molecule has 1 N–H and O–H groups in total. The monoisotopic (exact) mass is 373 g/mol. The fourth-order valence-corrected chi connectivity index (χ4v) is 4.53. The van der Waals surface area contributed by atoms with E-state index in [9.17, 15) is 9.90 Å². The number of aliphatic hydroxyl groups is 1. The molecule has 0 bridgehead atoms. The fraction of sp³-hybridized carbons (Fsp3) is 0.682. The van der Waals surface area contributed by atoms with Crippen molar-refractivity contribution in [2.45, 2.75) is 39.2 Å². The summed E-state index contributed by atoms with van der Waals surface area (Å²) in [6, 6.07) is 6.56. The van der Waals surface area contributed by atoms with Crippen LogP contribution in [0.3, 0.4) is 0 Å². The van der Waals surface area contributed by atoms with Crippen LogP contribution in [-0.2, 0) is 0 Å². The van der Waals surface area contributed by atoms with Gasteiger partial charge in [0.05, 0.1) is 0 Å². The topological polar surface area (TPSA) is 47.0 Å². The summed E-state index contributed by atoms with van der Waals surface area (Å²) in [7, 11) is 2.19. The van der Waals surface area contributed by atoms with Crippen LogP contribution in [-0.4, -0.2) is 84.7 Å². The summed E-state index contributed by atoms with van der Waals surface area (Å²) in [6.45, 7) is 10.5. The van der Waals surface area contributed by atoms with Crippen molar-refractivity contribution in [1.82, 2.24) is 14.7 Å². The highest BCUT2D eigenvalue weighted by Crippen LogP contribution is 2.28. The number of amides is 1. The molecule has 1 amide bonds. The number of likely N-dealkylation sites (N-methyl/N-ethyl adjacent to an activating group) is 1. The van der Waals surface area contributed by atoms with E-state index in [-0.39, 0.29) is 12.5 Å². The maximum Gasteiger partial charge on any atom is 0.253 e. The first kappa shape index (κ1) is 20.3. The maximum atomic E-state index is 13.1. The number of hydrogen-bond acceptors (Lipinski definition) is 4. The average Bonchev–Trinajstić information content (AvgIpc) is 2.68. The Bertz CT molecular complexity index is 640. The lowest BCUT2D eigenvalue weighted by atomic mass is 9.86. The molecule has 0 spiro atoms. The Morgan fingerprint density at radius 1 is 1.11 bits per heavy atom. The van der Waals surface area contributed by atoms with Crippen LogP contribution in [0.5, 0.6) is 0 Å². The second kappa shape index (κ2) is 9.18. The Hall–Kier alpha value is -1.43. The fourth-order valence-electron chi connectivity index (χ4n) is 4.53. The number of aliphatic hydroxyl groups excluding tert-OH is 1. The van der Waals surface area contributed by atoms with Gasteiger partial charge < -0.3 is 14.9 Å². The molecule has 1 aromatic carbocycles. The molecule has 0 saturated carbocycles. The number of carbonyl (C=O) groups excluding carboxylic acids is 1. The average molecular weight is 374 g/mol. The highest BCUT2D eigenvalue weighted by molar-refractivity contribution is 5.94. The molecule has 0 aliphatic carbocycles. The van der Waals surface area contributed by atoms with E-state index in [1.807, 2.05) is 23.1 Å². The second-order valence-corrected chi connectivity index (χ2v) is 8.37. The first-order valence-corrected chi connectivity index (χ1v) is 10.4. The lowest BCUT2D eigenvalue weighted by Gasteiger charge is -2.46. The Kier molecular flexibility index (Phi) is 6.90. The van der Waals surface area contributed by atoms with E-state index in [1.54, 1.807) is 0 Å². The number of hydrogen-bond donors (Lipinski definition) is 1. The van der Waals surface area contributed by atoms with Gasteiger partial charge in [-0.3, -0.25) is 9.69 Å². The van der Waals surface area contributed by atoms with Crippen molar-refractivity contribution >= 4 is 5.91 Å². The molecule has 2 fully saturated rings. The molecular formula is C22H35N3O2. The number of likely N-dealkylation sites (tertiary alicyclic amines) is 1. The van der Waals surface area contributed by atoms with Gasteiger partial charge in [-0.15, -0.1) is 0 Å². The van der Waals surface area contributed by atoms with E-state index >= 15 is 0 Å². The molecule has 0 unspecified atom stereocenters.